The zero-order chi connectivity index (χ0) is 12.4. The standard InChI is InChI=1S/C11H8N6O/c18-6-11-12-5-10(14-11)8-2-1-3-9(4-8)17-7-13-15-16-17/h1-7H,(H,12,14). The fraction of sp³-hybridized carbons (Fsp3) is 0. The Labute approximate surface area is 101 Å². The summed E-state index contributed by atoms with van der Waals surface area (Å²) in [4.78, 5) is 17.4. The average molecular weight is 240 g/mol. The number of nitrogens with zero attached hydrogens (tertiary/aromatic N) is 5. The first-order valence-corrected chi connectivity index (χ1v) is 5.21. The SMILES string of the molecule is O=Cc1ncc(-c2cccc(-n3cnnn3)c2)[nH]1. The number of aromatic amines is 1. The second-order valence-corrected chi connectivity index (χ2v) is 3.60. The number of nitrogens with one attached hydrogen (secondary N) is 1. The first-order chi connectivity index (χ1) is 8.86. The molecule has 3 aromatic rings. The van der Waals surface area contributed by atoms with Crippen molar-refractivity contribution in [3.05, 3.63) is 42.6 Å². The van der Waals surface area contributed by atoms with Gasteiger partial charge in [0.15, 0.2) is 12.1 Å². The lowest BCUT2D eigenvalue weighted by Crippen LogP contribution is -1.95. The lowest BCUT2D eigenvalue weighted by atomic mass is 10.1. The third kappa shape index (κ3) is 1.77. The Kier molecular flexibility index (Phi) is 2.41. The van der Waals surface area contributed by atoms with Gasteiger partial charge in [-0.3, -0.25) is 4.79 Å². The maximum absolute atomic E-state index is 10.6. The predicted octanol–water partition coefficient (Wildman–Crippen LogP) is 0.865. The maximum atomic E-state index is 10.6. The number of tetrazole rings is 1. The van der Waals surface area contributed by atoms with Gasteiger partial charge in [-0.2, -0.15) is 0 Å². The number of carbonyl (C=O) groups excluding carboxylic acids is 1. The van der Waals surface area contributed by atoms with E-state index in [9.17, 15) is 4.79 Å². The van der Waals surface area contributed by atoms with E-state index in [2.05, 4.69) is 25.5 Å². The van der Waals surface area contributed by atoms with Gasteiger partial charge in [0.25, 0.3) is 0 Å². The van der Waals surface area contributed by atoms with Crippen LogP contribution in [0.4, 0.5) is 0 Å². The van der Waals surface area contributed by atoms with Crippen molar-refractivity contribution in [2.24, 2.45) is 0 Å². The van der Waals surface area contributed by atoms with Crippen molar-refractivity contribution in [3.63, 3.8) is 0 Å². The highest BCUT2D eigenvalue weighted by molar-refractivity contribution is 5.72. The molecule has 0 aliphatic carbocycles. The first-order valence-electron chi connectivity index (χ1n) is 5.21. The van der Waals surface area contributed by atoms with Crippen molar-refractivity contribution in [1.29, 1.82) is 0 Å². The van der Waals surface area contributed by atoms with E-state index in [1.807, 2.05) is 24.3 Å². The molecule has 7 heteroatoms. The molecule has 1 aromatic carbocycles. The molecule has 0 fully saturated rings. The molecule has 0 aliphatic heterocycles. The number of hydrogen-bond acceptors (Lipinski definition) is 5. The van der Waals surface area contributed by atoms with Crippen LogP contribution in [-0.2, 0) is 0 Å². The highest BCUT2D eigenvalue weighted by atomic mass is 16.1. The molecule has 2 heterocycles. The van der Waals surface area contributed by atoms with E-state index >= 15 is 0 Å². The molecule has 2 aromatic heterocycles. The number of carbonyl (C=O) groups is 1. The van der Waals surface area contributed by atoms with Crippen LogP contribution in [0.3, 0.4) is 0 Å². The summed E-state index contributed by atoms with van der Waals surface area (Å²) in [5, 5.41) is 11.0. The Bertz CT molecular complexity index is 672. The van der Waals surface area contributed by atoms with E-state index in [0.717, 1.165) is 16.9 Å². The molecule has 0 aliphatic rings. The van der Waals surface area contributed by atoms with E-state index < -0.39 is 0 Å². The Hall–Kier alpha value is -2.83. The molecule has 18 heavy (non-hydrogen) atoms. The number of imidazole rings is 1. The summed E-state index contributed by atoms with van der Waals surface area (Å²) in [6, 6.07) is 7.58. The number of aldehydes is 1. The van der Waals surface area contributed by atoms with Crippen LogP contribution in [-0.4, -0.2) is 36.5 Å². The minimum absolute atomic E-state index is 0.304. The van der Waals surface area contributed by atoms with Crippen molar-refractivity contribution in [2.45, 2.75) is 0 Å². The predicted molar refractivity (Wildman–Crippen MR) is 62.1 cm³/mol. The van der Waals surface area contributed by atoms with Crippen LogP contribution in [0.5, 0.6) is 0 Å². The van der Waals surface area contributed by atoms with Gasteiger partial charge in [0.2, 0.25) is 0 Å². The van der Waals surface area contributed by atoms with Gasteiger partial charge in [0.1, 0.15) is 6.33 Å². The van der Waals surface area contributed by atoms with Crippen LogP contribution in [0.15, 0.2) is 36.8 Å². The monoisotopic (exact) mass is 240 g/mol. The number of hydrogen-bond donors (Lipinski definition) is 1. The smallest absolute Gasteiger partial charge is 0.185 e. The van der Waals surface area contributed by atoms with Crippen LogP contribution in [0.2, 0.25) is 0 Å². The normalized spacial score (nSPS) is 10.4. The number of benzene rings is 1. The highest BCUT2D eigenvalue weighted by Gasteiger charge is 2.04. The fourth-order valence-electron chi connectivity index (χ4n) is 1.64. The van der Waals surface area contributed by atoms with Crippen LogP contribution in [0.1, 0.15) is 10.6 Å². The van der Waals surface area contributed by atoms with Gasteiger partial charge < -0.3 is 4.98 Å². The largest absolute Gasteiger partial charge is 0.336 e. The third-order valence-corrected chi connectivity index (χ3v) is 2.48. The summed E-state index contributed by atoms with van der Waals surface area (Å²) in [5.41, 5.74) is 2.51. The fourth-order valence-corrected chi connectivity index (χ4v) is 1.64. The maximum Gasteiger partial charge on any atom is 0.185 e. The van der Waals surface area contributed by atoms with Gasteiger partial charge in [-0.1, -0.05) is 12.1 Å². The second kappa shape index (κ2) is 4.21. The van der Waals surface area contributed by atoms with Gasteiger partial charge in [-0.25, -0.2) is 9.67 Å². The second-order valence-electron chi connectivity index (χ2n) is 3.60. The molecule has 0 radical (unpaired) electrons. The molecule has 7 nitrogen and oxygen atoms in total. The average Bonchev–Trinajstić information content (AvgIpc) is 3.10. The summed E-state index contributed by atoms with van der Waals surface area (Å²) < 4.78 is 1.56. The van der Waals surface area contributed by atoms with Crippen molar-refractivity contribution < 1.29 is 4.79 Å². The Morgan fingerprint density at radius 3 is 3.00 bits per heavy atom. The highest BCUT2D eigenvalue weighted by Crippen LogP contribution is 2.19. The first kappa shape index (κ1) is 10.3. The molecule has 88 valence electrons. The van der Waals surface area contributed by atoms with Crippen LogP contribution >= 0.6 is 0 Å². The Balaban J connectivity index is 2.03. The topological polar surface area (TPSA) is 89.3 Å². The van der Waals surface area contributed by atoms with Crippen LogP contribution in [0.25, 0.3) is 16.9 Å². The number of H-pyrrole nitrogens is 1. The zero-order valence-corrected chi connectivity index (χ0v) is 9.19. The summed E-state index contributed by atoms with van der Waals surface area (Å²) in [6.45, 7) is 0. The van der Waals surface area contributed by atoms with E-state index in [1.54, 1.807) is 10.9 Å². The van der Waals surface area contributed by atoms with Crippen LogP contribution in [0, 0.1) is 0 Å². The molecule has 0 atom stereocenters. The summed E-state index contributed by atoms with van der Waals surface area (Å²) in [6.07, 6.45) is 3.81. The molecule has 3 rings (SSSR count). The molecule has 0 amide bonds. The van der Waals surface area contributed by atoms with Gasteiger partial charge in [-0.15, -0.1) is 5.10 Å². The molecule has 0 saturated heterocycles. The zero-order valence-electron chi connectivity index (χ0n) is 9.19. The Morgan fingerprint density at radius 1 is 1.33 bits per heavy atom. The van der Waals surface area contributed by atoms with Crippen molar-refractivity contribution in [2.75, 3.05) is 0 Å². The minimum atomic E-state index is 0.304. The molecular weight excluding hydrogens is 232 g/mol. The number of aromatic nitrogens is 6. The van der Waals surface area contributed by atoms with Gasteiger partial charge in [-0.05, 0) is 22.6 Å². The van der Waals surface area contributed by atoms with Crippen molar-refractivity contribution >= 4 is 6.29 Å². The van der Waals surface area contributed by atoms with Gasteiger partial charge >= 0.3 is 0 Å². The Morgan fingerprint density at radius 2 is 2.28 bits per heavy atom. The lowest BCUT2D eigenvalue weighted by Gasteiger charge is -2.02. The molecule has 0 unspecified atom stereocenters. The quantitative estimate of drug-likeness (QED) is 0.686. The molecule has 0 bridgehead atoms. The van der Waals surface area contributed by atoms with E-state index in [0.29, 0.717) is 12.1 Å². The summed E-state index contributed by atoms with van der Waals surface area (Å²) >= 11 is 0. The van der Waals surface area contributed by atoms with Crippen LogP contribution < -0.4 is 0 Å². The summed E-state index contributed by atoms with van der Waals surface area (Å²) in [5.74, 6) is 0.304. The van der Waals surface area contributed by atoms with E-state index in [1.165, 1.54) is 6.33 Å². The van der Waals surface area contributed by atoms with Crippen molar-refractivity contribution in [3.8, 4) is 16.9 Å². The van der Waals surface area contributed by atoms with E-state index in [4.69, 9.17) is 0 Å². The van der Waals surface area contributed by atoms with Gasteiger partial charge in [0.05, 0.1) is 17.6 Å². The molecular formula is C11H8N6O. The molecule has 0 saturated carbocycles. The third-order valence-electron chi connectivity index (χ3n) is 2.48. The minimum Gasteiger partial charge on any atom is -0.336 e. The van der Waals surface area contributed by atoms with E-state index in [-0.39, 0.29) is 0 Å². The molecule has 0 spiro atoms. The summed E-state index contributed by atoms with van der Waals surface area (Å²) in [7, 11) is 0. The number of rotatable bonds is 3. The lowest BCUT2D eigenvalue weighted by molar-refractivity contribution is 0.111. The molecule has 1 N–H and O–H groups in total. The van der Waals surface area contributed by atoms with Gasteiger partial charge in [0, 0.05) is 5.56 Å². The van der Waals surface area contributed by atoms with Crippen molar-refractivity contribution in [1.82, 2.24) is 30.2 Å².